The van der Waals surface area contributed by atoms with Crippen LogP contribution < -0.4 is 15.0 Å². The molecule has 0 radical (unpaired) electrons. The van der Waals surface area contributed by atoms with Crippen LogP contribution in [0.2, 0.25) is 0 Å². The van der Waals surface area contributed by atoms with E-state index in [-0.39, 0.29) is 17.7 Å². The van der Waals surface area contributed by atoms with Crippen LogP contribution in [0.4, 0.5) is 16.0 Å². The Hall–Kier alpha value is -2.41. The Morgan fingerprint density at radius 2 is 2.04 bits per heavy atom. The van der Waals surface area contributed by atoms with Crippen molar-refractivity contribution in [3.8, 4) is 5.75 Å². The molecule has 3 rings (SSSR count). The maximum absolute atomic E-state index is 13.4. The molecule has 0 saturated carbocycles. The molecule has 1 aromatic heterocycles. The van der Waals surface area contributed by atoms with Crippen LogP contribution in [0.3, 0.4) is 0 Å². The van der Waals surface area contributed by atoms with Crippen LogP contribution in [-0.4, -0.2) is 47.4 Å². The molecule has 1 aliphatic rings. The molecule has 7 heteroatoms. The van der Waals surface area contributed by atoms with Gasteiger partial charge in [-0.05, 0) is 25.0 Å². The monoisotopic (exact) mass is 332 g/mol. The summed E-state index contributed by atoms with van der Waals surface area (Å²) in [7, 11) is 0. The van der Waals surface area contributed by atoms with Gasteiger partial charge in [0.05, 0.1) is 12.6 Å². The predicted octanol–water partition coefficient (Wildman–Crippen LogP) is 2.07. The highest BCUT2D eigenvalue weighted by Crippen LogP contribution is 2.19. The van der Waals surface area contributed by atoms with Crippen molar-refractivity contribution >= 4 is 11.6 Å². The van der Waals surface area contributed by atoms with Crippen LogP contribution in [0.1, 0.15) is 12.8 Å². The maximum atomic E-state index is 13.4. The van der Waals surface area contributed by atoms with Gasteiger partial charge in [0.2, 0.25) is 0 Å². The number of para-hydroxylation sites is 1. The van der Waals surface area contributed by atoms with Crippen molar-refractivity contribution in [3.05, 3.63) is 42.5 Å². The summed E-state index contributed by atoms with van der Waals surface area (Å²) >= 11 is 0. The summed E-state index contributed by atoms with van der Waals surface area (Å²) in [6.07, 6.45) is 2.81. The van der Waals surface area contributed by atoms with E-state index in [1.165, 1.54) is 12.4 Å². The molecule has 2 heterocycles. The molecule has 1 aliphatic heterocycles. The summed E-state index contributed by atoms with van der Waals surface area (Å²) in [4.78, 5) is 10.6. The molecular formula is C17H21FN4O2. The second kappa shape index (κ2) is 7.92. The first-order valence-corrected chi connectivity index (χ1v) is 8.08. The lowest BCUT2D eigenvalue weighted by Gasteiger charge is -2.30. The van der Waals surface area contributed by atoms with Gasteiger partial charge in [-0.3, -0.25) is 0 Å². The largest absolute Gasteiger partial charge is 0.489 e. The molecule has 1 aromatic carbocycles. The molecule has 0 amide bonds. The SMILES string of the molecule is OC1CCN(c2cc(NCCOc3ccccc3F)ncn2)CC1. The van der Waals surface area contributed by atoms with Gasteiger partial charge in [0.25, 0.3) is 0 Å². The Kier molecular flexibility index (Phi) is 5.43. The molecule has 24 heavy (non-hydrogen) atoms. The van der Waals surface area contributed by atoms with E-state index in [0.717, 1.165) is 31.7 Å². The molecule has 6 nitrogen and oxygen atoms in total. The first-order valence-electron chi connectivity index (χ1n) is 8.08. The van der Waals surface area contributed by atoms with E-state index in [1.807, 2.05) is 6.07 Å². The number of aliphatic hydroxyl groups is 1. The van der Waals surface area contributed by atoms with Gasteiger partial charge in [-0.25, -0.2) is 14.4 Å². The number of anilines is 2. The number of rotatable bonds is 6. The van der Waals surface area contributed by atoms with Gasteiger partial charge < -0.3 is 20.1 Å². The number of nitrogens with zero attached hydrogens (tertiary/aromatic N) is 3. The normalized spacial score (nSPS) is 15.3. The Morgan fingerprint density at radius 1 is 1.25 bits per heavy atom. The van der Waals surface area contributed by atoms with Crippen molar-refractivity contribution in [3.63, 3.8) is 0 Å². The van der Waals surface area contributed by atoms with E-state index in [4.69, 9.17) is 4.74 Å². The summed E-state index contributed by atoms with van der Waals surface area (Å²) in [5.74, 6) is 1.42. The van der Waals surface area contributed by atoms with Crippen LogP contribution in [0.5, 0.6) is 5.75 Å². The third kappa shape index (κ3) is 4.32. The number of hydrogen-bond acceptors (Lipinski definition) is 6. The average Bonchev–Trinajstić information content (AvgIpc) is 2.61. The van der Waals surface area contributed by atoms with Gasteiger partial charge >= 0.3 is 0 Å². The molecular weight excluding hydrogens is 311 g/mol. The highest BCUT2D eigenvalue weighted by molar-refractivity contribution is 5.48. The summed E-state index contributed by atoms with van der Waals surface area (Å²) in [6, 6.07) is 8.21. The third-order valence-corrected chi connectivity index (χ3v) is 3.94. The van der Waals surface area contributed by atoms with E-state index < -0.39 is 0 Å². The van der Waals surface area contributed by atoms with Gasteiger partial charge in [-0.15, -0.1) is 0 Å². The maximum Gasteiger partial charge on any atom is 0.165 e. The minimum absolute atomic E-state index is 0.212. The fourth-order valence-corrected chi connectivity index (χ4v) is 2.61. The predicted molar refractivity (Wildman–Crippen MR) is 89.9 cm³/mol. The Labute approximate surface area is 140 Å². The quantitative estimate of drug-likeness (QED) is 0.789. The van der Waals surface area contributed by atoms with Crippen molar-refractivity contribution < 1.29 is 14.2 Å². The molecule has 1 fully saturated rings. The highest BCUT2D eigenvalue weighted by atomic mass is 19.1. The second-order valence-electron chi connectivity index (χ2n) is 5.69. The van der Waals surface area contributed by atoms with Crippen molar-refractivity contribution in [2.75, 3.05) is 36.5 Å². The minimum Gasteiger partial charge on any atom is -0.489 e. The van der Waals surface area contributed by atoms with E-state index >= 15 is 0 Å². The summed E-state index contributed by atoms with van der Waals surface area (Å²) in [5, 5.41) is 12.7. The van der Waals surface area contributed by atoms with Crippen molar-refractivity contribution in [2.45, 2.75) is 18.9 Å². The van der Waals surface area contributed by atoms with Gasteiger partial charge in [0, 0.05) is 19.2 Å². The molecule has 1 saturated heterocycles. The Bertz CT molecular complexity index is 663. The molecule has 128 valence electrons. The zero-order chi connectivity index (χ0) is 16.8. The summed E-state index contributed by atoms with van der Waals surface area (Å²) in [5.41, 5.74) is 0. The average molecular weight is 332 g/mol. The molecule has 0 unspecified atom stereocenters. The van der Waals surface area contributed by atoms with E-state index in [9.17, 15) is 9.50 Å². The lowest BCUT2D eigenvalue weighted by atomic mass is 10.1. The lowest BCUT2D eigenvalue weighted by molar-refractivity contribution is 0.145. The first kappa shape index (κ1) is 16.4. The number of benzene rings is 1. The van der Waals surface area contributed by atoms with Gasteiger partial charge in [0.1, 0.15) is 24.6 Å². The number of aromatic nitrogens is 2. The van der Waals surface area contributed by atoms with Crippen LogP contribution >= 0.6 is 0 Å². The van der Waals surface area contributed by atoms with Crippen molar-refractivity contribution in [2.24, 2.45) is 0 Å². The van der Waals surface area contributed by atoms with Gasteiger partial charge in [-0.2, -0.15) is 0 Å². The molecule has 0 aliphatic carbocycles. The number of aliphatic hydroxyl groups excluding tert-OH is 1. The molecule has 0 atom stereocenters. The first-order chi connectivity index (χ1) is 11.7. The van der Waals surface area contributed by atoms with E-state index in [1.54, 1.807) is 18.2 Å². The third-order valence-electron chi connectivity index (χ3n) is 3.94. The standard InChI is InChI=1S/C17H21FN4O2/c18-14-3-1-2-4-15(14)24-10-7-19-16-11-17(21-12-20-16)22-8-5-13(23)6-9-22/h1-4,11-13,23H,5-10H2,(H,19,20,21). The topological polar surface area (TPSA) is 70.5 Å². The van der Waals surface area contributed by atoms with Crippen LogP contribution in [-0.2, 0) is 0 Å². The Balaban J connectivity index is 1.49. The van der Waals surface area contributed by atoms with Gasteiger partial charge in [-0.1, -0.05) is 12.1 Å². The lowest BCUT2D eigenvalue weighted by Crippen LogP contribution is -2.36. The fraction of sp³-hybridized carbons (Fsp3) is 0.412. The minimum atomic E-state index is -0.367. The van der Waals surface area contributed by atoms with Crippen LogP contribution in [0, 0.1) is 5.82 Å². The zero-order valence-corrected chi connectivity index (χ0v) is 13.4. The van der Waals surface area contributed by atoms with Crippen molar-refractivity contribution in [1.29, 1.82) is 0 Å². The number of halogens is 1. The smallest absolute Gasteiger partial charge is 0.165 e. The second-order valence-corrected chi connectivity index (χ2v) is 5.69. The summed E-state index contributed by atoms with van der Waals surface area (Å²) < 4.78 is 18.8. The van der Waals surface area contributed by atoms with E-state index in [0.29, 0.717) is 19.0 Å². The van der Waals surface area contributed by atoms with Crippen LogP contribution in [0.15, 0.2) is 36.7 Å². The number of nitrogens with one attached hydrogen (secondary N) is 1. The molecule has 2 aromatic rings. The number of hydrogen-bond donors (Lipinski definition) is 2. The van der Waals surface area contributed by atoms with Crippen molar-refractivity contribution in [1.82, 2.24) is 9.97 Å². The van der Waals surface area contributed by atoms with Crippen LogP contribution in [0.25, 0.3) is 0 Å². The summed E-state index contributed by atoms with van der Waals surface area (Å²) in [6.45, 7) is 2.40. The van der Waals surface area contributed by atoms with E-state index in [2.05, 4.69) is 20.2 Å². The fourth-order valence-electron chi connectivity index (χ4n) is 2.61. The molecule has 0 spiro atoms. The van der Waals surface area contributed by atoms with Gasteiger partial charge in [0.15, 0.2) is 11.6 Å². The highest BCUT2D eigenvalue weighted by Gasteiger charge is 2.18. The number of piperidine rings is 1. The Morgan fingerprint density at radius 3 is 2.83 bits per heavy atom. The molecule has 2 N–H and O–H groups in total. The molecule has 0 bridgehead atoms. The zero-order valence-electron chi connectivity index (χ0n) is 13.4. The number of ether oxygens (including phenoxy) is 1.